The fraction of sp³-hybridized carbons (Fsp3) is 0.304. The van der Waals surface area contributed by atoms with Gasteiger partial charge in [0.05, 0.1) is 19.7 Å². The van der Waals surface area contributed by atoms with Gasteiger partial charge in [-0.3, -0.25) is 4.79 Å². The quantitative estimate of drug-likeness (QED) is 0.625. The number of hydrogen-bond acceptors (Lipinski definition) is 4. The molecule has 0 radical (unpaired) electrons. The van der Waals surface area contributed by atoms with Crippen LogP contribution in [0.1, 0.15) is 41.7 Å². The van der Waals surface area contributed by atoms with Crippen molar-refractivity contribution in [3.8, 4) is 5.75 Å². The van der Waals surface area contributed by atoms with E-state index in [1.54, 1.807) is 19.4 Å². The van der Waals surface area contributed by atoms with Crippen LogP contribution in [0.15, 0.2) is 59.1 Å². The molecule has 1 unspecified atom stereocenters. The lowest BCUT2D eigenvalue weighted by Crippen LogP contribution is -2.32. The van der Waals surface area contributed by atoms with Gasteiger partial charge < -0.3 is 14.1 Å². The van der Waals surface area contributed by atoms with E-state index in [1.165, 1.54) is 12.1 Å². The summed E-state index contributed by atoms with van der Waals surface area (Å²) in [5.41, 5.74) is 1.74. The Kier molecular flexibility index (Phi) is 5.60. The maximum Gasteiger partial charge on any atom is 0.227 e. The number of nitrogens with zero attached hydrogens (tertiary/aromatic N) is 2. The first-order chi connectivity index (χ1) is 14.1. The highest BCUT2D eigenvalue weighted by atomic mass is 19.1. The molecule has 1 saturated heterocycles. The molecule has 0 N–H and O–H groups in total. The molecule has 6 heteroatoms. The van der Waals surface area contributed by atoms with Crippen LogP contribution in [0, 0.1) is 5.82 Å². The van der Waals surface area contributed by atoms with Crippen LogP contribution < -0.4 is 4.74 Å². The number of methoxy groups -OCH3 is 1. The number of benzene rings is 2. The first kappa shape index (κ1) is 19.2. The summed E-state index contributed by atoms with van der Waals surface area (Å²) in [7, 11) is 1.61. The number of ether oxygens (including phenoxy) is 1. The van der Waals surface area contributed by atoms with Crippen LogP contribution in [-0.2, 0) is 17.6 Å². The van der Waals surface area contributed by atoms with E-state index in [2.05, 4.69) is 4.98 Å². The maximum absolute atomic E-state index is 13.4. The second-order valence-corrected chi connectivity index (χ2v) is 7.24. The standard InChI is InChI=1S/C23H23FN2O3/c1-28-19-8-3-6-17(12-19)14-22(27)26-10-4-9-21(26)23-25-15-20(29-23)13-16-5-2-7-18(24)11-16/h2-3,5-8,11-12,15,21H,4,9-10,13-14H2,1H3. The SMILES string of the molecule is COc1cccc(CC(=O)N2CCCC2c2ncc(Cc3cccc(F)c3)o2)c1. The van der Waals surface area contributed by atoms with Crippen LogP contribution in [0.5, 0.6) is 5.75 Å². The molecule has 0 spiro atoms. The van der Waals surface area contributed by atoms with Gasteiger partial charge in [-0.25, -0.2) is 9.37 Å². The fourth-order valence-electron chi connectivity index (χ4n) is 3.79. The van der Waals surface area contributed by atoms with Crippen LogP contribution in [-0.4, -0.2) is 29.4 Å². The molecule has 1 atom stereocenters. The monoisotopic (exact) mass is 394 g/mol. The molecule has 1 amide bonds. The lowest BCUT2D eigenvalue weighted by Gasteiger charge is -2.22. The summed E-state index contributed by atoms with van der Waals surface area (Å²) in [4.78, 5) is 19.2. The number of halogens is 1. The average Bonchev–Trinajstić information content (AvgIpc) is 3.37. The van der Waals surface area contributed by atoms with E-state index in [-0.39, 0.29) is 17.8 Å². The van der Waals surface area contributed by atoms with Gasteiger partial charge in [0.15, 0.2) is 0 Å². The molecular formula is C23H23FN2O3. The minimum atomic E-state index is -0.271. The van der Waals surface area contributed by atoms with E-state index in [0.29, 0.717) is 31.0 Å². The van der Waals surface area contributed by atoms with Crippen LogP contribution in [0.3, 0.4) is 0 Å². The second-order valence-electron chi connectivity index (χ2n) is 7.24. The van der Waals surface area contributed by atoms with Gasteiger partial charge in [-0.15, -0.1) is 0 Å². The molecule has 0 bridgehead atoms. The van der Waals surface area contributed by atoms with E-state index in [9.17, 15) is 9.18 Å². The third-order valence-corrected chi connectivity index (χ3v) is 5.19. The Hall–Kier alpha value is -3.15. The maximum atomic E-state index is 13.4. The Morgan fingerprint density at radius 3 is 2.90 bits per heavy atom. The van der Waals surface area contributed by atoms with E-state index in [1.807, 2.05) is 35.2 Å². The number of carbonyl (C=O) groups excluding carboxylic acids is 1. The van der Waals surface area contributed by atoms with Crippen molar-refractivity contribution in [3.63, 3.8) is 0 Å². The summed E-state index contributed by atoms with van der Waals surface area (Å²) in [6.07, 6.45) is 4.18. The Morgan fingerprint density at radius 1 is 1.24 bits per heavy atom. The molecule has 3 aromatic rings. The van der Waals surface area contributed by atoms with Gasteiger partial charge in [-0.05, 0) is 48.2 Å². The Morgan fingerprint density at radius 2 is 2.07 bits per heavy atom. The zero-order valence-electron chi connectivity index (χ0n) is 16.3. The van der Waals surface area contributed by atoms with Gasteiger partial charge in [-0.1, -0.05) is 24.3 Å². The van der Waals surface area contributed by atoms with Crippen molar-refractivity contribution in [3.05, 3.63) is 83.3 Å². The number of aromatic nitrogens is 1. The Labute approximate surface area is 169 Å². The van der Waals surface area contributed by atoms with E-state index < -0.39 is 0 Å². The third kappa shape index (κ3) is 4.47. The van der Waals surface area contributed by atoms with E-state index in [0.717, 1.165) is 29.7 Å². The summed E-state index contributed by atoms with van der Waals surface area (Å²) in [6, 6.07) is 13.8. The van der Waals surface area contributed by atoms with E-state index >= 15 is 0 Å². The topological polar surface area (TPSA) is 55.6 Å². The number of amides is 1. The molecule has 0 aliphatic carbocycles. The largest absolute Gasteiger partial charge is 0.497 e. The highest BCUT2D eigenvalue weighted by Gasteiger charge is 2.33. The number of oxazole rings is 1. The highest BCUT2D eigenvalue weighted by molar-refractivity contribution is 5.79. The Bertz CT molecular complexity index is 1000. The molecule has 5 nitrogen and oxygen atoms in total. The molecular weight excluding hydrogens is 371 g/mol. The van der Waals surface area contributed by atoms with Crippen molar-refractivity contribution in [1.82, 2.24) is 9.88 Å². The summed E-state index contributed by atoms with van der Waals surface area (Å²) in [5, 5.41) is 0. The molecule has 150 valence electrons. The highest BCUT2D eigenvalue weighted by Crippen LogP contribution is 2.32. The van der Waals surface area contributed by atoms with Crippen molar-refractivity contribution in [1.29, 1.82) is 0 Å². The molecule has 2 heterocycles. The van der Waals surface area contributed by atoms with Gasteiger partial charge in [0.1, 0.15) is 23.4 Å². The van der Waals surface area contributed by atoms with Crippen molar-refractivity contribution in [2.45, 2.75) is 31.7 Å². The number of rotatable bonds is 6. The predicted molar refractivity (Wildman–Crippen MR) is 106 cm³/mol. The van der Waals surface area contributed by atoms with E-state index in [4.69, 9.17) is 9.15 Å². The summed E-state index contributed by atoms with van der Waals surface area (Å²) in [5.74, 6) is 1.73. The zero-order chi connectivity index (χ0) is 20.2. The molecule has 0 saturated carbocycles. The van der Waals surface area contributed by atoms with Gasteiger partial charge >= 0.3 is 0 Å². The van der Waals surface area contributed by atoms with Crippen LogP contribution in [0.4, 0.5) is 4.39 Å². The fourth-order valence-corrected chi connectivity index (χ4v) is 3.79. The van der Waals surface area contributed by atoms with Crippen LogP contribution >= 0.6 is 0 Å². The Balaban J connectivity index is 1.45. The van der Waals surface area contributed by atoms with Gasteiger partial charge in [0, 0.05) is 13.0 Å². The van der Waals surface area contributed by atoms with Crippen LogP contribution in [0.25, 0.3) is 0 Å². The van der Waals surface area contributed by atoms with Crippen molar-refractivity contribution in [2.75, 3.05) is 13.7 Å². The van der Waals surface area contributed by atoms with Gasteiger partial charge in [0.25, 0.3) is 0 Å². The summed E-state index contributed by atoms with van der Waals surface area (Å²) in [6.45, 7) is 0.690. The van der Waals surface area contributed by atoms with Crippen molar-refractivity contribution < 1.29 is 18.3 Å². The van der Waals surface area contributed by atoms with Crippen molar-refractivity contribution >= 4 is 5.91 Å². The number of likely N-dealkylation sites (tertiary alicyclic amines) is 1. The molecule has 1 aliphatic rings. The smallest absolute Gasteiger partial charge is 0.227 e. The zero-order valence-corrected chi connectivity index (χ0v) is 16.3. The summed E-state index contributed by atoms with van der Waals surface area (Å²) >= 11 is 0. The predicted octanol–water partition coefficient (Wildman–Crippen LogP) is 4.32. The average molecular weight is 394 g/mol. The first-order valence-electron chi connectivity index (χ1n) is 9.74. The normalized spacial score (nSPS) is 16.2. The molecule has 1 fully saturated rings. The summed E-state index contributed by atoms with van der Waals surface area (Å²) < 4.78 is 24.6. The minimum Gasteiger partial charge on any atom is -0.497 e. The van der Waals surface area contributed by atoms with Crippen LogP contribution in [0.2, 0.25) is 0 Å². The molecule has 29 heavy (non-hydrogen) atoms. The van der Waals surface area contributed by atoms with Crippen molar-refractivity contribution in [2.24, 2.45) is 0 Å². The third-order valence-electron chi connectivity index (χ3n) is 5.19. The lowest BCUT2D eigenvalue weighted by molar-refractivity contribution is -0.131. The number of carbonyl (C=O) groups is 1. The molecule has 1 aliphatic heterocycles. The lowest BCUT2D eigenvalue weighted by atomic mass is 10.1. The minimum absolute atomic E-state index is 0.0469. The molecule has 1 aromatic heterocycles. The second kappa shape index (κ2) is 8.47. The number of hydrogen-bond donors (Lipinski definition) is 0. The molecule has 4 rings (SSSR count). The van der Waals surface area contributed by atoms with Gasteiger partial charge in [0.2, 0.25) is 11.8 Å². The van der Waals surface area contributed by atoms with Gasteiger partial charge in [-0.2, -0.15) is 0 Å². The first-order valence-corrected chi connectivity index (χ1v) is 9.74. The molecule has 2 aromatic carbocycles.